The van der Waals surface area contributed by atoms with Gasteiger partial charge in [0, 0.05) is 74.8 Å². The van der Waals surface area contributed by atoms with Crippen LogP contribution in [0.25, 0.3) is 16.7 Å². The molecule has 42 heavy (non-hydrogen) atoms. The Morgan fingerprint density at radius 1 is 0.952 bits per heavy atom. The Hall–Kier alpha value is -3.65. The zero-order chi connectivity index (χ0) is 29.3. The lowest BCUT2D eigenvalue weighted by Crippen LogP contribution is -2.56. The Morgan fingerprint density at radius 3 is 2.40 bits per heavy atom. The molecule has 8 nitrogen and oxygen atoms in total. The third-order valence-corrected chi connectivity index (χ3v) is 7.59. The van der Waals surface area contributed by atoms with Crippen LogP contribution < -0.4 is 10.6 Å². The van der Waals surface area contributed by atoms with Crippen LogP contribution in [0.1, 0.15) is 11.1 Å². The van der Waals surface area contributed by atoms with Crippen LogP contribution in [0.15, 0.2) is 54.9 Å². The van der Waals surface area contributed by atoms with E-state index in [1.807, 2.05) is 29.2 Å². The number of hydrogen-bond donors (Lipinski definition) is 2. The smallest absolute Gasteiger partial charge is 0.379 e. The molecule has 1 atom stereocenters. The number of benzene rings is 2. The molecule has 0 spiro atoms. The molecule has 4 heterocycles. The van der Waals surface area contributed by atoms with Crippen LogP contribution in [0.4, 0.5) is 33.6 Å². The summed E-state index contributed by atoms with van der Waals surface area (Å²) >= 11 is 0. The van der Waals surface area contributed by atoms with Crippen LogP contribution in [-0.4, -0.2) is 82.5 Å². The summed E-state index contributed by atoms with van der Waals surface area (Å²) in [4.78, 5) is 12.7. The second-order valence-corrected chi connectivity index (χ2v) is 10.5. The highest BCUT2D eigenvalue weighted by Crippen LogP contribution is 2.26. The first kappa shape index (κ1) is 28.5. The lowest BCUT2D eigenvalue weighted by atomic mass is 10.1. The van der Waals surface area contributed by atoms with E-state index in [0.717, 1.165) is 5.56 Å². The van der Waals surface area contributed by atoms with Gasteiger partial charge in [-0.2, -0.15) is 18.2 Å². The summed E-state index contributed by atoms with van der Waals surface area (Å²) in [5.74, 6) is -0.962. The minimum atomic E-state index is -4.28. The molecule has 0 saturated carbocycles. The fourth-order valence-electron chi connectivity index (χ4n) is 5.30. The number of morpholine rings is 1. The fraction of sp³-hybridized carbons (Fsp3) is 0.379. The standard InChI is InChI=1S/C29H30F5N7O/c30-24-13-22(14-25(31)23(24)17-39-9-11-42-12-10-39)41-7-5-20-15-36-28(38-27(20)41)37-21-3-1-19(2-4-21)16-40-8-6-35-26(18-40)29(32,33)34/h1-5,7,13-15,26,35H,6,8-12,16-18H2,(H,36,37,38). The van der Waals surface area contributed by atoms with E-state index < -0.39 is 23.9 Å². The quantitative estimate of drug-likeness (QED) is 0.306. The van der Waals surface area contributed by atoms with E-state index in [1.165, 1.54) is 12.1 Å². The van der Waals surface area contributed by atoms with Crippen LogP contribution in [0.2, 0.25) is 0 Å². The third-order valence-electron chi connectivity index (χ3n) is 7.59. The molecule has 13 heteroatoms. The highest BCUT2D eigenvalue weighted by atomic mass is 19.4. The van der Waals surface area contributed by atoms with Gasteiger partial charge in [0.2, 0.25) is 5.95 Å². The van der Waals surface area contributed by atoms with Gasteiger partial charge < -0.3 is 19.9 Å². The summed E-state index contributed by atoms with van der Waals surface area (Å²) in [7, 11) is 0. The predicted molar refractivity (Wildman–Crippen MR) is 148 cm³/mol. The SMILES string of the molecule is Fc1cc(-n2ccc3cnc(Nc4ccc(CN5CCNC(C(F)(F)F)C5)cc4)nc32)cc(F)c1CN1CCOCC1. The maximum Gasteiger partial charge on any atom is 0.405 e. The molecule has 4 aromatic rings. The maximum atomic E-state index is 15.1. The van der Waals surface area contributed by atoms with Crippen molar-refractivity contribution in [2.75, 3.05) is 51.3 Å². The zero-order valence-corrected chi connectivity index (χ0v) is 22.7. The van der Waals surface area contributed by atoms with Crippen molar-refractivity contribution in [3.05, 3.63) is 77.6 Å². The molecule has 2 aromatic heterocycles. The molecule has 222 valence electrons. The van der Waals surface area contributed by atoms with Gasteiger partial charge in [0.05, 0.1) is 18.9 Å². The van der Waals surface area contributed by atoms with Crippen molar-refractivity contribution in [1.82, 2.24) is 29.7 Å². The average Bonchev–Trinajstić information content (AvgIpc) is 3.40. The van der Waals surface area contributed by atoms with Crippen molar-refractivity contribution < 1.29 is 26.7 Å². The van der Waals surface area contributed by atoms with Gasteiger partial charge in [-0.15, -0.1) is 0 Å². The Morgan fingerprint density at radius 2 is 1.69 bits per heavy atom. The minimum Gasteiger partial charge on any atom is -0.379 e. The number of aromatic nitrogens is 3. The lowest BCUT2D eigenvalue weighted by Gasteiger charge is -2.34. The molecule has 0 amide bonds. The summed E-state index contributed by atoms with van der Waals surface area (Å²) in [6.45, 7) is 3.62. The molecule has 0 radical (unpaired) electrons. The third kappa shape index (κ3) is 6.38. The van der Waals surface area contributed by atoms with Gasteiger partial charge in [-0.1, -0.05) is 12.1 Å². The largest absolute Gasteiger partial charge is 0.405 e. The maximum absolute atomic E-state index is 15.1. The summed E-state index contributed by atoms with van der Waals surface area (Å²) < 4.78 is 76.3. The van der Waals surface area contributed by atoms with Crippen LogP contribution in [-0.2, 0) is 17.8 Å². The molecule has 2 N–H and O–H groups in total. The van der Waals surface area contributed by atoms with Gasteiger partial charge in [0.1, 0.15) is 23.3 Å². The fourth-order valence-corrected chi connectivity index (χ4v) is 5.30. The zero-order valence-electron chi connectivity index (χ0n) is 22.7. The second-order valence-electron chi connectivity index (χ2n) is 10.5. The molecule has 2 aliphatic rings. The number of nitrogens with one attached hydrogen (secondary N) is 2. The Kier molecular flexibility index (Phi) is 8.08. The van der Waals surface area contributed by atoms with Crippen molar-refractivity contribution in [3.63, 3.8) is 0 Å². The highest BCUT2D eigenvalue weighted by molar-refractivity contribution is 5.78. The highest BCUT2D eigenvalue weighted by Gasteiger charge is 2.41. The molecule has 1 unspecified atom stereocenters. The normalized spacial score (nSPS) is 18.9. The number of halogens is 5. The minimum absolute atomic E-state index is 0.0228. The lowest BCUT2D eigenvalue weighted by molar-refractivity contribution is -0.165. The van der Waals surface area contributed by atoms with Gasteiger partial charge >= 0.3 is 6.18 Å². The predicted octanol–water partition coefficient (Wildman–Crippen LogP) is 4.61. The first-order chi connectivity index (χ1) is 20.2. The van der Waals surface area contributed by atoms with Gasteiger partial charge in [-0.25, -0.2) is 13.8 Å². The summed E-state index contributed by atoms with van der Waals surface area (Å²) in [6.07, 6.45) is -0.966. The Bertz CT molecular complexity index is 1510. The van der Waals surface area contributed by atoms with Gasteiger partial charge in [0.25, 0.3) is 0 Å². The van der Waals surface area contributed by atoms with E-state index in [4.69, 9.17) is 4.74 Å². The van der Waals surface area contributed by atoms with Gasteiger partial charge in [0.15, 0.2) is 0 Å². The Balaban J connectivity index is 1.15. The number of anilines is 2. The van der Waals surface area contributed by atoms with Crippen LogP contribution >= 0.6 is 0 Å². The first-order valence-electron chi connectivity index (χ1n) is 13.7. The Labute approximate surface area is 239 Å². The summed E-state index contributed by atoms with van der Waals surface area (Å²) in [5, 5.41) is 6.35. The van der Waals surface area contributed by atoms with E-state index in [9.17, 15) is 13.2 Å². The van der Waals surface area contributed by atoms with E-state index in [0.29, 0.717) is 61.8 Å². The van der Waals surface area contributed by atoms with E-state index >= 15 is 8.78 Å². The molecule has 0 aliphatic carbocycles. The van der Waals surface area contributed by atoms with Crippen molar-refractivity contribution >= 4 is 22.7 Å². The van der Waals surface area contributed by atoms with Crippen LogP contribution in [0.3, 0.4) is 0 Å². The van der Waals surface area contributed by atoms with Crippen molar-refractivity contribution in [2.24, 2.45) is 0 Å². The first-order valence-corrected chi connectivity index (χ1v) is 13.7. The number of fused-ring (bicyclic) bond motifs is 1. The summed E-state index contributed by atoms with van der Waals surface area (Å²) in [6, 6.07) is 10.2. The molecule has 6 rings (SSSR count). The van der Waals surface area contributed by atoms with Gasteiger partial charge in [-0.05, 0) is 35.9 Å². The van der Waals surface area contributed by atoms with E-state index in [1.54, 1.807) is 27.9 Å². The number of nitrogens with zero attached hydrogens (tertiary/aromatic N) is 5. The topological polar surface area (TPSA) is 70.5 Å². The van der Waals surface area contributed by atoms with E-state index in [-0.39, 0.29) is 31.1 Å². The molecular formula is C29H30F5N7O. The number of rotatable bonds is 7. The number of piperazine rings is 1. The summed E-state index contributed by atoms with van der Waals surface area (Å²) in [5.41, 5.74) is 2.38. The monoisotopic (exact) mass is 587 g/mol. The molecular weight excluding hydrogens is 557 g/mol. The molecule has 0 bridgehead atoms. The molecule has 2 aromatic carbocycles. The molecule has 2 aliphatic heterocycles. The van der Waals surface area contributed by atoms with E-state index in [2.05, 4.69) is 20.6 Å². The molecule has 2 saturated heterocycles. The average molecular weight is 588 g/mol. The second kappa shape index (κ2) is 11.9. The number of hydrogen-bond acceptors (Lipinski definition) is 7. The van der Waals surface area contributed by atoms with Crippen molar-refractivity contribution in [1.29, 1.82) is 0 Å². The molecule has 2 fully saturated rings. The van der Waals surface area contributed by atoms with Crippen molar-refractivity contribution in [3.8, 4) is 5.69 Å². The van der Waals surface area contributed by atoms with Crippen LogP contribution in [0.5, 0.6) is 0 Å². The van der Waals surface area contributed by atoms with Gasteiger partial charge in [-0.3, -0.25) is 9.80 Å². The number of ether oxygens (including phenoxy) is 1. The van der Waals surface area contributed by atoms with Crippen molar-refractivity contribution in [2.45, 2.75) is 25.3 Å². The van der Waals surface area contributed by atoms with Crippen LogP contribution in [0, 0.1) is 11.6 Å². The number of alkyl halides is 3.